The molecule has 144 valence electrons. The van der Waals surface area contributed by atoms with Gasteiger partial charge >= 0.3 is 0 Å². The monoisotopic (exact) mass is 411 g/mol. The van der Waals surface area contributed by atoms with Crippen LogP contribution in [-0.2, 0) is 14.6 Å². The standard InChI is InChI=1S/C22H21NO3S2/c1-13-5-4-6-16(9-13)28(25,26)19-12-27-22-18(11-20(24)23-21(19)22)17-10-14(2)7-8-15(17)3/h4-10,12,18H,11H2,1-3H3,(H,23,24). The van der Waals surface area contributed by atoms with Gasteiger partial charge in [0.1, 0.15) is 4.90 Å². The average molecular weight is 412 g/mol. The number of hydrogen-bond acceptors (Lipinski definition) is 4. The van der Waals surface area contributed by atoms with Gasteiger partial charge in [-0.25, -0.2) is 8.42 Å². The van der Waals surface area contributed by atoms with Crippen LogP contribution in [0.2, 0.25) is 0 Å². The summed E-state index contributed by atoms with van der Waals surface area (Å²) in [5.41, 5.74) is 4.62. The maximum absolute atomic E-state index is 13.2. The molecule has 3 aromatic rings. The van der Waals surface area contributed by atoms with Crippen molar-refractivity contribution in [3.05, 3.63) is 75.0 Å². The van der Waals surface area contributed by atoms with E-state index < -0.39 is 9.84 Å². The highest BCUT2D eigenvalue weighted by Crippen LogP contribution is 2.46. The van der Waals surface area contributed by atoms with Gasteiger partial charge in [0.25, 0.3) is 0 Å². The molecule has 6 heteroatoms. The highest BCUT2D eigenvalue weighted by Gasteiger charge is 2.34. The molecule has 0 fully saturated rings. The number of benzene rings is 2. The molecular formula is C22H21NO3S2. The lowest BCUT2D eigenvalue weighted by Crippen LogP contribution is -2.24. The number of rotatable bonds is 3. The van der Waals surface area contributed by atoms with Crippen LogP contribution in [0.15, 0.2) is 57.6 Å². The molecule has 2 heterocycles. The quantitative estimate of drug-likeness (QED) is 0.661. The molecule has 0 radical (unpaired) electrons. The minimum atomic E-state index is -3.71. The molecule has 4 nitrogen and oxygen atoms in total. The smallest absolute Gasteiger partial charge is 0.225 e. The Balaban J connectivity index is 1.87. The summed E-state index contributed by atoms with van der Waals surface area (Å²) in [6.45, 7) is 5.91. The van der Waals surface area contributed by atoms with Crippen LogP contribution in [0.3, 0.4) is 0 Å². The first kappa shape index (κ1) is 18.9. The number of anilines is 1. The van der Waals surface area contributed by atoms with Gasteiger partial charge in [0.2, 0.25) is 15.7 Å². The molecule has 1 N–H and O–H groups in total. The molecule has 1 aliphatic rings. The van der Waals surface area contributed by atoms with E-state index in [0.717, 1.165) is 27.1 Å². The fourth-order valence-corrected chi connectivity index (χ4v) is 6.70. The van der Waals surface area contributed by atoms with Gasteiger partial charge in [-0.2, -0.15) is 0 Å². The Kier molecular flexibility index (Phi) is 4.63. The van der Waals surface area contributed by atoms with Crippen LogP contribution < -0.4 is 5.32 Å². The number of carbonyl (C=O) groups is 1. The van der Waals surface area contributed by atoms with Gasteiger partial charge in [-0.05, 0) is 49.6 Å². The van der Waals surface area contributed by atoms with E-state index in [0.29, 0.717) is 12.1 Å². The summed E-state index contributed by atoms with van der Waals surface area (Å²) >= 11 is 1.40. The SMILES string of the molecule is Cc1cccc(S(=O)(=O)c2csc3c2NC(=O)CC3c2cc(C)ccc2C)c1. The Morgan fingerprint density at radius 2 is 1.79 bits per heavy atom. The van der Waals surface area contributed by atoms with E-state index in [1.54, 1.807) is 23.6 Å². The number of carbonyl (C=O) groups excluding carboxylic acids is 1. The molecule has 4 rings (SSSR count). The third-order valence-corrected chi connectivity index (χ3v) is 8.18. The van der Waals surface area contributed by atoms with E-state index in [-0.39, 0.29) is 21.6 Å². The van der Waals surface area contributed by atoms with Crippen LogP contribution in [0.5, 0.6) is 0 Å². The van der Waals surface area contributed by atoms with Gasteiger partial charge < -0.3 is 5.32 Å². The maximum atomic E-state index is 13.2. The molecule has 2 aromatic carbocycles. The van der Waals surface area contributed by atoms with Crippen molar-refractivity contribution in [3.63, 3.8) is 0 Å². The van der Waals surface area contributed by atoms with Crippen LogP contribution >= 0.6 is 11.3 Å². The minimum absolute atomic E-state index is 0.130. The summed E-state index contributed by atoms with van der Waals surface area (Å²) in [6.07, 6.45) is 0.321. The van der Waals surface area contributed by atoms with Crippen molar-refractivity contribution in [2.45, 2.75) is 42.9 Å². The summed E-state index contributed by atoms with van der Waals surface area (Å²) < 4.78 is 26.5. The molecule has 0 saturated heterocycles. The van der Waals surface area contributed by atoms with E-state index in [1.165, 1.54) is 11.3 Å². The zero-order valence-electron chi connectivity index (χ0n) is 15.9. The highest BCUT2D eigenvalue weighted by atomic mass is 32.2. The molecule has 1 atom stereocenters. The fraction of sp³-hybridized carbons (Fsp3) is 0.227. The second-order valence-corrected chi connectivity index (χ2v) is 10.2. The predicted molar refractivity (Wildman–Crippen MR) is 112 cm³/mol. The van der Waals surface area contributed by atoms with Crippen molar-refractivity contribution >= 4 is 32.8 Å². The van der Waals surface area contributed by atoms with E-state index in [9.17, 15) is 13.2 Å². The summed E-state index contributed by atoms with van der Waals surface area (Å²) in [6, 6.07) is 13.0. The number of hydrogen-bond donors (Lipinski definition) is 1. The van der Waals surface area contributed by atoms with E-state index >= 15 is 0 Å². The molecule has 0 aliphatic carbocycles. The largest absolute Gasteiger partial charge is 0.324 e. The summed E-state index contributed by atoms with van der Waals surface area (Å²) in [5.74, 6) is -0.285. The van der Waals surface area contributed by atoms with Gasteiger partial charge in [0.05, 0.1) is 10.6 Å². The Bertz CT molecular complexity index is 1190. The molecule has 1 aromatic heterocycles. The van der Waals surface area contributed by atoms with Gasteiger partial charge in [-0.1, -0.05) is 35.9 Å². The number of aryl methyl sites for hydroxylation is 3. The number of nitrogens with one attached hydrogen (secondary N) is 1. The number of amides is 1. The van der Waals surface area contributed by atoms with E-state index in [4.69, 9.17) is 0 Å². The molecule has 1 aliphatic heterocycles. The van der Waals surface area contributed by atoms with Crippen molar-refractivity contribution in [3.8, 4) is 0 Å². The minimum Gasteiger partial charge on any atom is -0.324 e. The zero-order chi connectivity index (χ0) is 20.1. The fourth-order valence-electron chi connectivity index (χ4n) is 3.70. The van der Waals surface area contributed by atoms with Crippen molar-refractivity contribution in [2.75, 3.05) is 5.32 Å². The second kappa shape index (κ2) is 6.87. The first-order valence-corrected chi connectivity index (χ1v) is 11.4. The molecule has 1 amide bonds. The third kappa shape index (κ3) is 3.16. The topological polar surface area (TPSA) is 63.2 Å². The highest BCUT2D eigenvalue weighted by molar-refractivity contribution is 7.91. The van der Waals surface area contributed by atoms with Gasteiger partial charge in [-0.15, -0.1) is 11.3 Å². The van der Waals surface area contributed by atoms with Gasteiger partial charge in [0, 0.05) is 22.6 Å². The Hall–Kier alpha value is -2.44. The van der Waals surface area contributed by atoms with Gasteiger partial charge in [0.15, 0.2) is 0 Å². The number of thiophene rings is 1. The van der Waals surface area contributed by atoms with Crippen LogP contribution in [0.25, 0.3) is 0 Å². The molecule has 0 spiro atoms. The Labute approximate surface area is 169 Å². The summed E-state index contributed by atoms with van der Waals surface area (Å²) in [4.78, 5) is 13.8. The lowest BCUT2D eigenvalue weighted by atomic mass is 9.87. The summed E-state index contributed by atoms with van der Waals surface area (Å²) in [5, 5.41) is 4.48. The molecule has 28 heavy (non-hydrogen) atoms. The van der Waals surface area contributed by atoms with E-state index in [2.05, 4.69) is 17.4 Å². The average Bonchev–Trinajstić information content (AvgIpc) is 3.07. The van der Waals surface area contributed by atoms with Crippen molar-refractivity contribution in [1.29, 1.82) is 0 Å². The zero-order valence-corrected chi connectivity index (χ0v) is 17.6. The lowest BCUT2D eigenvalue weighted by Gasteiger charge is -2.25. The first-order chi connectivity index (χ1) is 13.3. The Morgan fingerprint density at radius 3 is 2.54 bits per heavy atom. The van der Waals surface area contributed by atoms with E-state index in [1.807, 2.05) is 32.9 Å². The molecular weight excluding hydrogens is 390 g/mol. The van der Waals surface area contributed by atoms with Crippen molar-refractivity contribution in [1.82, 2.24) is 0 Å². The number of fused-ring (bicyclic) bond motifs is 1. The summed E-state index contributed by atoms with van der Waals surface area (Å²) in [7, 11) is -3.71. The van der Waals surface area contributed by atoms with Crippen LogP contribution in [0.1, 0.15) is 39.5 Å². The molecule has 0 saturated carbocycles. The van der Waals surface area contributed by atoms with Gasteiger partial charge in [-0.3, -0.25) is 4.79 Å². The lowest BCUT2D eigenvalue weighted by molar-refractivity contribution is -0.116. The third-order valence-electron chi connectivity index (χ3n) is 5.16. The second-order valence-electron chi connectivity index (χ2n) is 7.32. The maximum Gasteiger partial charge on any atom is 0.225 e. The van der Waals surface area contributed by atoms with Crippen LogP contribution in [-0.4, -0.2) is 14.3 Å². The molecule has 0 bridgehead atoms. The van der Waals surface area contributed by atoms with Crippen LogP contribution in [0.4, 0.5) is 5.69 Å². The Morgan fingerprint density at radius 1 is 1.04 bits per heavy atom. The normalized spacial score (nSPS) is 16.5. The van der Waals surface area contributed by atoms with Crippen molar-refractivity contribution in [2.24, 2.45) is 0 Å². The molecule has 1 unspecified atom stereocenters. The van der Waals surface area contributed by atoms with Crippen LogP contribution in [0, 0.1) is 20.8 Å². The predicted octanol–water partition coefficient (Wildman–Crippen LogP) is 4.98. The van der Waals surface area contributed by atoms with Crippen molar-refractivity contribution < 1.29 is 13.2 Å². The number of sulfone groups is 1. The first-order valence-electron chi connectivity index (χ1n) is 9.07.